The molecule has 0 unspecified atom stereocenters. The molecule has 0 fully saturated rings. The van der Waals surface area contributed by atoms with Crippen molar-refractivity contribution in [3.8, 4) is 0 Å². The van der Waals surface area contributed by atoms with Crippen molar-refractivity contribution >= 4 is 11.3 Å². The molecule has 2 aromatic heterocycles. The van der Waals surface area contributed by atoms with Crippen LogP contribution < -0.4 is 5.32 Å². The van der Waals surface area contributed by atoms with Crippen LogP contribution in [0.25, 0.3) is 0 Å². The van der Waals surface area contributed by atoms with Crippen molar-refractivity contribution in [1.82, 2.24) is 20.5 Å². The fraction of sp³-hybridized carbons (Fsp3) is 0.455. The van der Waals surface area contributed by atoms with Gasteiger partial charge in [-0.15, -0.1) is 11.3 Å². The van der Waals surface area contributed by atoms with Gasteiger partial charge in [-0.3, -0.25) is 5.10 Å². The van der Waals surface area contributed by atoms with Crippen molar-refractivity contribution in [2.75, 3.05) is 0 Å². The minimum Gasteiger partial charge on any atom is -0.306 e. The van der Waals surface area contributed by atoms with Gasteiger partial charge >= 0.3 is 0 Å². The second-order valence-corrected chi connectivity index (χ2v) is 5.20. The molecular formula is C11H16N4S. The second-order valence-electron chi connectivity index (χ2n) is 3.88. The van der Waals surface area contributed by atoms with Crippen molar-refractivity contribution in [3.63, 3.8) is 0 Å². The topological polar surface area (TPSA) is 53.6 Å². The minimum absolute atomic E-state index is 0.822. The third-order valence-corrected chi connectivity index (χ3v) is 3.44. The molecule has 16 heavy (non-hydrogen) atoms. The largest absolute Gasteiger partial charge is 0.306 e. The molecule has 2 aromatic rings. The molecule has 0 aliphatic rings. The molecule has 0 bridgehead atoms. The van der Waals surface area contributed by atoms with E-state index >= 15 is 0 Å². The molecule has 4 nitrogen and oxygen atoms in total. The Bertz CT molecular complexity index is 453. The zero-order valence-electron chi connectivity index (χ0n) is 9.79. The minimum atomic E-state index is 0.822. The predicted octanol–water partition coefficient (Wildman–Crippen LogP) is 2.08. The Kier molecular flexibility index (Phi) is 3.36. The lowest BCUT2D eigenvalue weighted by Crippen LogP contribution is -2.13. The number of H-pyrrole nitrogens is 1. The maximum atomic E-state index is 4.31. The standard InChI is InChI=1S/C11H16N4S/c1-7-4-13-11(16-7)6-12-5-10-8(2)14-15-9(10)3/h4,12H,5-6H2,1-3H3,(H,14,15). The number of aromatic amines is 1. The van der Waals surface area contributed by atoms with Gasteiger partial charge in [0.15, 0.2) is 0 Å². The van der Waals surface area contributed by atoms with E-state index in [-0.39, 0.29) is 0 Å². The van der Waals surface area contributed by atoms with E-state index in [1.54, 1.807) is 11.3 Å². The normalized spacial score (nSPS) is 10.9. The van der Waals surface area contributed by atoms with E-state index in [1.165, 1.54) is 10.4 Å². The number of thiazole rings is 1. The molecule has 0 aliphatic heterocycles. The Morgan fingerprint density at radius 1 is 1.31 bits per heavy atom. The highest BCUT2D eigenvalue weighted by atomic mass is 32.1. The summed E-state index contributed by atoms with van der Waals surface area (Å²) < 4.78 is 0. The summed E-state index contributed by atoms with van der Waals surface area (Å²) in [5.41, 5.74) is 3.47. The lowest BCUT2D eigenvalue weighted by molar-refractivity contribution is 0.685. The first-order chi connectivity index (χ1) is 7.66. The van der Waals surface area contributed by atoms with Crippen molar-refractivity contribution in [2.24, 2.45) is 0 Å². The zero-order valence-corrected chi connectivity index (χ0v) is 10.6. The summed E-state index contributed by atoms with van der Waals surface area (Å²) in [6, 6.07) is 0. The Labute approximate surface area is 99.1 Å². The summed E-state index contributed by atoms with van der Waals surface area (Å²) in [4.78, 5) is 5.57. The van der Waals surface area contributed by atoms with Gasteiger partial charge in [0.1, 0.15) is 5.01 Å². The van der Waals surface area contributed by atoms with Crippen LogP contribution in [0, 0.1) is 20.8 Å². The van der Waals surface area contributed by atoms with Crippen LogP contribution in [0.3, 0.4) is 0 Å². The highest BCUT2D eigenvalue weighted by molar-refractivity contribution is 7.11. The highest BCUT2D eigenvalue weighted by Gasteiger charge is 2.05. The van der Waals surface area contributed by atoms with Crippen molar-refractivity contribution in [3.05, 3.63) is 33.0 Å². The Morgan fingerprint density at radius 2 is 2.12 bits per heavy atom. The van der Waals surface area contributed by atoms with Gasteiger partial charge in [0, 0.05) is 35.4 Å². The summed E-state index contributed by atoms with van der Waals surface area (Å²) in [5.74, 6) is 0. The SMILES string of the molecule is Cc1cnc(CNCc2c(C)n[nH]c2C)s1. The molecule has 2 N–H and O–H groups in total. The van der Waals surface area contributed by atoms with E-state index < -0.39 is 0 Å². The van der Waals surface area contributed by atoms with Crippen molar-refractivity contribution in [2.45, 2.75) is 33.9 Å². The van der Waals surface area contributed by atoms with Crippen molar-refractivity contribution in [1.29, 1.82) is 0 Å². The predicted molar refractivity (Wildman–Crippen MR) is 65.5 cm³/mol. The molecule has 86 valence electrons. The van der Waals surface area contributed by atoms with Crippen LogP contribution in [0.1, 0.15) is 26.8 Å². The van der Waals surface area contributed by atoms with Gasteiger partial charge in [-0.25, -0.2) is 4.98 Å². The van der Waals surface area contributed by atoms with E-state index in [0.717, 1.165) is 29.5 Å². The number of rotatable bonds is 4. The average Bonchev–Trinajstić information content (AvgIpc) is 2.78. The highest BCUT2D eigenvalue weighted by Crippen LogP contribution is 2.12. The van der Waals surface area contributed by atoms with Crippen LogP contribution >= 0.6 is 11.3 Å². The van der Waals surface area contributed by atoms with Gasteiger partial charge in [-0.1, -0.05) is 0 Å². The summed E-state index contributed by atoms with van der Waals surface area (Å²) in [7, 11) is 0. The molecule has 2 heterocycles. The van der Waals surface area contributed by atoms with Crippen molar-refractivity contribution < 1.29 is 0 Å². The molecule has 0 aliphatic carbocycles. The first-order valence-corrected chi connectivity index (χ1v) is 6.11. The number of aryl methyl sites for hydroxylation is 3. The molecular weight excluding hydrogens is 220 g/mol. The average molecular weight is 236 g/mol. The fourth-order valence-electron chi connectivity index (χ4n) is 1.61. The molecule has 0 atom stereocenters. The van der Waals surface area contributed by atoms with Crippen LogP contribution in [0.5, 0.6) is 0 Å². The lowest BCUT2D eigenvalue weighted by atomic mass is 10.2. The third-order valence-electron chi connectivity index (χ3n) is 2.53. The van der Waals surface area contributed by atoms with Gasteiger partial charge in [0.2, 0.25) is 0 Å². The Morgan fingerprint density at radius 3 is 2.69 bits per heavy atom. The number of hydrogen-bond donors (Lipinski definition) is 2. The smallest absolute Gasteiger partial charge is 0.107 e. The van der Waals surface area contributed by atoms with E-state index in [2.05, 4.69) is 27.4 Å². The number of nitrogens with zero attached hydrogens (tertiary/aromatic N) is 2. The Hall–Kier alpha value is -1.20. The van der Waals surface area contributed by atoms with Gasteiger partial charge in [0.05, 0.1) is 5.69 Å². The van der Waals surface area contributed by atoms with Crippen LogP contribution in [-0.4, -0.2) is 15.2 Å². The second kappa shape index (κ2) is 4.76. The lowest BCUT2D eigenvalue weighted by Gasteiger charge is -2.02. The Balaban J connectivity index is 1.89. The molecule has 5 heteroatoms. The number of hydrogen-bond acceptors (Lipinski definition) is 4. The van der Waals surface area contributed by atoms with Gasteiger partial charge in [-0.05, 0) is 20.8 Å². The van der Waals surface area contributed by atoms with E-state index in [9.17, 15) is 0 Å². The maximum Gasteiger partial charge on any atom is 0.107 e. The quantitative estimate of drug-likeness (QED) is 0.854. The summed E-state index contributed by atoms with van der Waals surface area (Å²) in [6.07, 6.45) is 1.91. The van der Waals surface area contributed by atoms with Crippen LogP contribution in [0.15, 0.2) is 6.20 Å². The molecule has 0 saturated heterocycles. The molecule has 0 aromatic carbocycles. The van der Waals surface area contributed by atoms with E-state index in [0.29, 0.717) is 0 Å². The first kappa shape index (κ1) is 11.3. The summed E-state index contributed by atoms with van der Waals surface area (Å²) in [5, 5.41) is 11.7. The van der Waals surface area contributed by atoms with Gasteiger partial charge in [-0.2, -0.15) is 5.10 Å². The van der Waals surface area contributed by atoms with Crippen LogP contribution in [-0.2, 0) is 13.1 Å². The molecule has 0 amide bonds. The zero-order chi connectivity index (χ0) is 11.5. The summed E-state index contributed by atoms with van der Waals surface area (Å²) in [6.45, 7) is 7.81. The maximum absolute atomic E-state index is 4.31. The monoisotopic (exact) mass is 236 g/mol. The van der Waals surface area contributed by atoms with E-state index in [1.807, 2.05) is 20.0 Å². The van der Waals surface area contributed by atoms with Gasteiger partial charge in [0.25, 0.3) is 0 Å². The first-order valence-electron chi connectivity index (χ1n) is 5.29. The summed E-state index contributed by atoms with van der Waals surface area (Å²) >= 11 is 1.74. The molecule has 0 saturated carbocycles. The fourth-order valence-corrected chi connectivity index (χ4v) is 2.37. The van der Waals surface area contributed by atoms with E-state index in [4.69, 9.17) is 0 Å². The van der Waals surface area contributed by atoms with Crippen LogP contribution in [0.4, 0.5) is 0 Å². The molecule has 2 rings (SSSR count). The molecule has 0 radical (unpaired) electrons. The number of nitrogens with one attached hydrogen (secondary N) is 2. The number of aromatic nitrogens is 3. The van der Waals surface area contributed by atoms with Gasteiger partial charge < -0.3 is 5.32 Å². The van der Waals surface area contributed by atoms with Crippen LogP contribution in [0.2, 0.25) is 0 Å². The third kappa shape index (κ3) is 2.48. The molecule has 0 spiro atoms.